The minimum atomic E-state index is -0.582. The Labute approximate surface area is 205 Å². The Morgan fingerprint density at radius 1 is 1.14 bits per heavy atom. The van der Waals surface area contributed by atoms with Gasteiger partial charge < -0.3 is 23.7 Å². The van der Waals surface area contributed by atoms with Gasteiger partial charge in [0.15, 0.2) is 6.79 Å². The van der Waals surface area contributed by atoms with Crippen LogP contribution in [0.1, 0.15) is 61.3 Å². The molecule has 1 aromatic carbocycles. The summed E-state index contributed by atoms with van der Waals surface area (Å²) in [6.45, 7) is 8.55. The van der Waals surface area contributed by atoms with E-state index in [2.05, 4.69) is 4.98 Å². The standard InChI is InChI=1S/C26H34N2O7/c1-16-17(2)24-20(18(3)23(16)33-15-31-5)12-13-26(4,35-24)14-32-22-11-10-21(28(29)30)25(27-22)34-19-8-6-7-9-19/h10-11,19H,6-9,12-15H2,1-5H3. The van der Waals surface area contributed by atoms with E-state index in [1.165, 1.54) is 12.1 Å². The van der Waals surface area contributed by atoms with E-state index in [1.54, 1.807) is 7.11 Å². The molecule has 1 aromatic heterocycles. The van der Waals surface area contributed by atoms with Gasteiger partial charge in [0, 0.05) is 24.8 Å². The van der Waals surface area contributed by atoms with Gasteiger partial charge in [-0.25, -0.2) is 0 Å². The lowest BCUT2D eigenvalue weighted by molar-refractivity contribution is -0.386. The molecule has 0 bridgehead atoms. The van der Waals surface area contributed by atoms with Gasteiger partial charge in [0.05, 0.1) is 4.92 Å². The summed E-state index contributed by atoms with van der Waals surface area (Å²) in [7, 11) is 1.61. The van der Waals surface area contributed by atoms with E-state index in [-0.39, 0.29) is 37.0 Å². The third-order valence-electron chi connectivity index (χ3n) is 7.00. The van der Waals surface area contributed by atoms with Crippen LogP contribution in [0.15, 0.2) is 12.1 Å². The van der Waals surface area contributed by atoms with Crippen molar-refractivity contribution in [2.24, 2.45) is 0 Å². The average Bonchev–Trinajstić information content (AvgIpc) is 3.34. The quantitative estimate of drug-likeness (QED) is 0.264. The van der Waals surface area contributed by atoms with Crippen molar-refractivity contribution in [3.8, 4) is 23.3 Å². The lowest BCUT2D eigenvalue weighted by Gasteiger charge is -2.37. The first-order chi connectivity index (χ1) is 16.7. The largest absolute Gasteiger partial charge is 0.483 e. The van der Waals surface area contributed by atoms with Gasteiger partial charge in [0.2, 0.25) is 5.88 Å². The molecule has 9 heteroatoms. The molecule has 1 aliphatic carbocycles. The van der Waals surface area contributed by atoms with Crippen molar-refractivity contribution in [2.75, 3.05) is 20.5 Å². The van der Waals surface area contributed by atoms with E-state index in [0.29, 0.717) is 0 Å². The molecular formula is C26H34N2O7. The molecule has 2 aromatic rings. The molecule has 1 aliphatic heterocycles. The first-order valence-electron chi connectivity index (χ1n) is 12.1. The number of ether oxygens (including phenoxy) is 5. The second-order valence-corrected chi connectivity index (χ2v) is 9.66. The van der Waals surface area contributed by atoms with Crippen LogP contribution in [-0.2, 0) is 11.2 Å². The fourth-order valence-electron chi connectivity index (χ4n) is 4.83. The van der Waals surface area contributed by atoms with Crippen LogP contribution in [-0.4, -0.2) is 42.1 Å². The molecular weight excluding hydrogens is 452 g/mol. The summed E-state index contributed by atoms with van der Waals surface area (Å²) in [5.41, 5.74) is 3.52. The minimum Gasteiger partial charge on any atom is -0.483 e. The van der Waals surface area contributed by atoms with Gasteiger partial charge in [-0.05, 0) is 82.9 Å². The van der Waals surface area contributed by atoms with Crippen molar-refractivity contribution < 1.29 is 28.6 Å². The predicted octanol–water partition coefficient (Wildman–Crippen LogP) is 5.38. The van der Waals surface area contributed by atoms with E-state index in [9.17, 15) is 10.1 Å². The third-order valence-corrected chi connectivity index (χ3v) is 7.00. The Morgan fingerprint density at radius 2 is 1.89 bits per heavy atom. The fraction of sp³-hybridized carbons (Fsp3) is 0.577. The molecule has 0 N–H and O–H groups in total. The number of hydrogen-bond acceptors (Lipinski definition) is 8. The molecule has 0 spiro atoms. The molecule has 1 fully saturated rings. The zero-order valence-corrected chi connectivity index (χ0v) is 21.1. The summed E-state index contributed by atoms with van der Waals surface area (Å²) in [4.78, 5) is 15.3. The highest BCUT2D eigenvalue weighted by atomic mass is 16.7. The molecule has 0 saturated heterocycles. The van der Waals surface area contributed by atoms with Gasteiger partial charge >= 0.3 is 5.69 Å². The summed E-state index contributed by atoms with van der Waals surface area (Å²) in [5.74, 6) is 2.01. The first-order valence-corrected chi connectivity index (χ1v) is 12.1. The Kier molecular flexibility index (Phi) is 7.35. The van der Waals surface area contributed by atoms with Crippen LogP contribution in [0.25, 0.3) is 0 Å². The lowest BCUT2D eigenvalue weighted by atomic mass is 9.87. The van der Waals surface area contributed by atoms with E-state index in [0.717, 1.165) is 72.3 Å². The summed E-state index contributed by atoms with van der Waals surface area (Å²) in [6.07, 6.45) is 5.39. The van der Waals surface area contributed by atoms with E-state index >= 15 is 0 Å². The van der Waals surface area contributed by atoms with E-state index in [4.69, 9.17) is 23.7 Å². The summed E-state index contributed by atoms with van der Waals surface area (Å²) < 4.78 is 29.3. The van der Waals surface area contributed by atoms with Crippen LogP contribution >= 0.6 is 0 Å². The number of methoxy groups -OCH3 is 1. The van der Waals surface area contributed by atoms with Crippen molar-refractivity contribution in [3.63, 3.8) is 0 Å². The summed E-state index contributed by atoms with van der Waals surface area (Å²) in [6, 6.07) is 2.91. The van der Waals surface area contributed by atoms with E-state index < -0.39 is 10.5 Å². The highest BCUT2D eigenvalue weighted by Gasteiger charge is 2.36. The SMILES string of the molecule is COCOc1c(C)c(C)c2c(c1C)CCC(C)(COc1ccc([N+](=O)[O-])c(OC3CCCC3)n1)O2. The number of nitro groups is 1. The van der Waals surface area contributed by atoms with Gasteiger partial charge in [0.1, 0.15) is 29.8 Å². The Bertz CT molecular complexity index is 1100. The molecule has 0 amide bonds. The number of nitrogens with zero attached hydrogens (tertiary/aromatic N) is 2. The highest BCUT2D eigenvalue weighted by Crippen LogP contribution is 2.44. The fourth-order valence-corrected chi connectivity index (χ4v) is 4.83. The van der Waals surface area contributed by atoms with Gasteiger partial charge in [-0.1, -0.05) is 0 Å². The lowest BCUT2D eigenvalue weighted by Crippen LogP contribution is -2.42. The average molecular weight is 487 g/mol. The number of pyridine rings is 1. The second kappa shape index (κ2) is 10.3. The molecule has 1 atom stereocenters. The Hall–Kier alpha value is -3.07. The maximum absolute atomic E-state index is 11.5. The zero-order valence-electron chi connectivity index (χ0n) is 21.1. The minimum absolute atomic E-state index is 0.0187. The molecule has 35 heavy (non-hydrogen) atoms. The molecule has 1 unspecified atom stereocenters. The summed E-state index contributed by atoms with van der Waals surface area (Å²) >= 11 is 0. The Balaban J connectivity index is 1.51. The topological polar surface area (TPSA) is 102 Å². The number of benzene rings is 1. The normalized spacial score (nSPS) is 19.7. The Morgan fingerprint density at radius 3 is 2.57 bits per heavy atom. The van der Waals surface area contributed by atoms with Gasteiger partial charge in [-0.15, -0.1) is 0 Å². The van der Waals surface area contributed by atoms with Crippen LogP contribution in [0.3, 0.4) is 0 Å². The van der Waals surface area contributed by atoms with Crippen molar-refractivity contribution in [1.82, 2.24) is 4.98 Å². The molecule has 9 nitrogen and oxygen atoms in total. The smallest absolute Gasteiger partial charge is 0.331 e. The van der Waals surface area contributed by atoms with Gasteiger partial charge in [-0.2, -0.15) is 4.98 Å². The molecule has 0 radical (unpaired) electrons. The molecule has 1 saturated carbocycles. The highest BCUT2D eigenvalue weighted by molar-refractivity contribution is 5.59. The number of aromatic nitrogens is 1. The van der Waals surface area contributed by atoms with Crippen molar-refractivity contribution in [2.45, 2.75) is 77.9 Å². The van der Waals surface area contributed by atoms with E-state index in [1.807, 2.05) is 27.7 Å². The second-order valence-electron chi connectivity index (χ2n) is 9.66. The van der Waals surface area contributed by atoms with Crippen LogP contribution < -0.4 is 18.9 Å². The number of rotatable bonds is 9. The maximum atomic E-state index is 11.5. The van der Waals surface area contributed by atoms with Crippen LogP contribution in [0.4, 0.5) is 5.69 Å². The van der Waals surface area contributed by atoms with Crippen molar-refractivity contribution in [1.29, 1.82) is 0 Å². The summed E-state index contributed by atoms with van der Waals surface area (Å²) in [5, 5.41) is 11.5. The third kappa shape index (κ3) is 5.29. The van der Waals surface area contributed by atoms with Crippen molar-refractivity contribution in [3.05, 3.63) is 44.5 Å². The monoisotopic (exact) mass is 486 g/mol. The first kappa shape index (κ1) is 25.0. The molecule has 190 valence electrons. The number of hydrogen-bond donors (Lipinski definition) is 0. The predicted molar refractivity (Wildman–Crippen MR) is 130 cm³/mol. The molecule has 2 aliphatic rings. The van der Waals surface area contributed by atoms with Gasteiger partial charge in [0.25, 0.3) is 5.88 Å². The van der Waals surface area contributed by atoms with Crippen LogP contribution in [0.5, 0.6) is 23.3 Å². The van der Waals surface area contributed by atoms with Gasteiger partial charge in [-0.3, -0.25) is 10.1 Å². The zero-order chi connectivity index (χ0) is 25.2. The number of fused-ring (bicyclic) bond motifs is 1. The van der Waals surface area contributed by atoms with Crippen LogP contribution in [0, 0.1) is 30.9 Å². The van der Waals surface area contributed by atoms with Crippen molar-refractivity contribution >= 4 is 5.69 Å². The maximum Gasteiger partial charge on any atom is 0.331 e. The molecule has 4 rings (SSSR count). The molecule has 2 heterocycles. The van der Waals surface area contributed by atoms with Crippen LogP contribution in [0.2, 0.25) is 0 Å².